The standard InChI is InChI=1S/C34H40ClN5O/c1-25-19-38(20-26(2)39(25)21-27-9-4-3-5-10-27)34(41)29-11-8-18-37(23-29)24-33-36-31-12-6-7-13-32(31)40(33)22-28-14-16-30(35)17-15-28/h3-7,9-10,12-17,25-26,29H,8,11,18-24H2,1-2H3/t25-,26-,29-/m1/s1. The highest BCUT2D eigenvalue weighted by Gasteiger charge is 2.36. The molecule has 6 nitrogen and oxygen atoms in total. The molecule has 1 amide bonds. The Morgan fingerprint density at radius 3 is 2.27 bits per heavy atom. The molecule has 0 saturated carbocycles. The van der Waals surface area contributed by atoms with Crippen LogP contribution in [0.15, 0.2) is 78.9 Å². The molecule has 4 aromatic rings. The van der Waals surface area contributed by atoms with E-state index in [9.17, 15) is 4.79 Å². The number of piperidine rings is 1. The number of halogens is 1. The molecule has 2 fully saturated rings. The minimum Gasteiger partial charge on any atom is -0.339 e. The second kappa shape index (κ2) is 12.4. The number of carbonyl (C=O) groups is 1. The zero-order valence-electron chi connectivity index (χ0n) is 24.1. The molecule has 0 radical (unpaired) electrons. The van der Waals surface area contributed by atoms with E-state index in [1.165, 1.54) is 11.1 Å². The van der Waals surface area contributed by atoms with Crippen LogP contribution >= 0.6 is 11.6 Å². The molecule has 3 atom stereocenters. The molecule has 7 heteroatoms. The summed E-state index contributed by atoms with van der Waals surface area (Å²) in [6.45, 7) is 10.3. The van der Waals surface area contributed by atoms with Gasteiger partial charge in [-0.25, -0.2) is 4.98 Å². The minimum atomic E-state index is 0.0397. The van der Waals surface area contributed by atoms with Crippen LogP contribution in [-0.2, 0) is 24.4 Å². The van der Waals surface area contributed by atoms with Crippen molar-refractivity contribution < 1.29 is 4.79 Å². The van der Waals surface area contributed by atoms with Crippen molar-refractivity contribution in [2.45, 2.75) is 58.4 Å². The maximum atomic E-state index is 13.8. The molecule has 1 aromatic heterocycles. The maximum absolute atomic E-state index is 13.8. The number of benzene rings is 3. The van der Waals surface area contributed by atoms with E-state index in [1.807, 2.05) is 18.2 Å². The topological polar surface area (TPSA) is 44.6 Å². The van der Waals surface area contributed by atoms with E-state index in [2.05, 4.69) is 93.8 Å². The lowest BCUT2D eigenvalue weighted by Gasteiger charge is -2.46. The number of hydrogen-bond acceptors (Lipinski definition) is 4. The van der Waals surface area contributed by atoms with Gasteiger partial charge >= 0.3 is 0 Å². The largest absolute Gasteiger partial charge is 0.339 e. The summed E-state index contributed by atoms with van der Waals surface area (Å²) in [6.07, 6.45) is 2.00. The van der Waals surface area contributed by atoms with E-state index >= 15 is 0 Å². The Balaban J connectivity index is 1.13. The number of amides is 1. The van der Waals surface area contributed by atoms with Crippen LogP contribution < -0.4 is 0 Å². The second-order valence-electron chi connectivity index (χ2n) is 11.9. The molecule has 3 heterocycles. The third-order valence-electron chi connectivity index (χ3n) is 8.83. The number of imidazole rings is 1. The SMILES string of the molecule is C[C@@H]1CN(C(=O)[C@@H]2CCCN(Cc3nc4ccccc4n3Cc3ccc(Cl)cc3)C2)C[C@@H](C)N1Cc1ccccc1. The van der Waals surface area contributed by atoms with Gasteiger partial charge in [-0.2, -0.15) is 0 Å². The van der Waals surface area contributed by atoms with Crippen molar-refractivity contribution in [2.24, 2.45) is 5.92 Å². The summed E-state index contributed by atoms with van der Waals surface area (Å²) in [7, 11) is 0. The minimum absolute atomic E-state index is 0.0397. The molecule has 0 unspecified atom stereocenters. The van der Waals surface area contributed by atoms with E-state index in [0.717, 1.165) is 80.5 Å². The first-order valence-corrected chi connectivity index (χ1v) is 15.3. The number of fused-ring (bicyclic) bond motifs is 1. The van der Waals surface area contributed by atoms with Gasteiger partial charge in [0.15, 0.2) is 0 Å². The van der Waals surface area contributed by atoms with Crippen LogP contribution in [-0.4, -0.2) is 68.4 Å². The summed E-state index contributed by atoms with van der Waals surface area (Å²) < 4.78 is 2.32. The lowest BCUT2D eigenvalue weighted by Crippen LogP contribution is -2.59. The first-order chi connectivity index (χ1) is 19.9. The molecule has 2 aliphatic rings. The number of likely N-dealkylation sites (tertiary alicyclic amines) is 1. The summed E-state index contributed by atoms with van der Waals surface area (Å²) >= 11 is 6.14. The fourth-order valence-electron chi connectivity index (χ4n) is 6.70. The molecule has 2 saturated heterocycles. The van der Waals surface area contributed by atoms with E-state index in [4.69, 9.17) is 16.6 Å². The monoisotopic (exact) mass is 569 g/mol. The maximum Gasteiger partial charge on any atom is 0.227 e. The smallest absolute Gasteiger partial charge is 0.227 e. The van der Waals surface area contributed by atoms with Gasteiger partial charge in [-0.3, -0.25) is 14.6 Å². The van der Waals surface area contributed by atoms with E-state index in [-0.39, 0.29) is 5.92 Å². The summed E-state index contributed by atoms with van der Waals surface area (Å²) in [4.78, 5) is 26.0. The molecule has 6 rings (SSSR count). The van der Waals surface area contributed by atoms with Crippen LogP contribution in [0.3, 0.4) is 0 Å². The third-order valence-corrected chi connectivity index (χ3v) is 9.08. The van der Waals surface area contributed by atoms with Crippen molar-refractivity contribution in [3.8, 4) is 0 Å². The van der Waals surface area contributed by atoms with Crippen LogP contribution in [0.4, 0.5) is 0 Å². The molecule has 0 bridgehead atoms. The van der Waals surface area contributed by atoms with Crippen molar-refractivity contribution in [3.05, 3.63) is 101 Å². The van der Waals surface area contributed by atoms with Crippen LogP contribution in [0.2, 0.25) is 5.02 Å². The van der Waals surface area contributed by atoms with Crippen molar-refractivity contribution in [1.29, 1.82) is 0 Å². The van der Waals surface area contributed by atoms with Gasteiger partial charge in [-0.15, -0.1) is 0 Å². The van der Waals surface area contributed by atoms with Crippen molar-refractivity contribution in [1.82, 2.24) is 24.3 Å². The lowest BCUT2D eigenvalue weighted by molar-refractivity contribution is -0.142. The highest BCUT2D eigenvalue weighted by molar-refractivity contribution is 6.30. The number of carbonyl (C=O) groups excluding carboxylic acids is 1. The van der Waals surface area contributed by atoms with Crippen LogP contribution in [0.5, 0.6) is 0 Å². The molecule has 41 heavy (non-hydrogen) atoms. The average molecular weight is 570 g/mol. The Labute approximate surface area is 248 Å². The zero-order valence-corrected chi connectivity index (χ0v) is 24.9. The first kappa shape index (κ1) is 28.0. The summed E-state index contributed by atoms with van der Waals surface area (Å²) in [5.41, 5.74) is 4.67. The summed E-state index contributed by atoms with van der Waals surface area (Å²) in [5.74, 6) is 1.41. The molecule has 0 aliphatic carbocycles. The Kier molecular flexibility index (Phi) is 8.42. The normalized spacial score (nSPS) is 22.3. The summed E-state index contributed by atoms with van der Waals surface area (Å²) in [5, 5.41) is 0.745. The van der Waals surface area contributed by atoms with Gasteiger partial charge in [0.05, 0.1) is 23.5 Å². The van der Waals surface area contributed by atoms with E-state index < -0.39 is 0 Å². The number of hydrogen-bond donors (Lipinski definition) is 0. The van der Waals surface area contributed by atoms with Gasteiger partial charge in [0, 0.05) is 49.8 Å². The highest BCUT2D eigenvalue weighted by Crippen LogP contribution is 2.26. The van der Waals surface area contributed by atoms with Gasteiger partial charge in [0.1, 0.15) is 5.82 Å². The van der Waals surface area contributed by atoms with Crippen molar-refractivity contribution in [3.63, 3.8) is 0 Å². The quantitative estimate of drug-likeness (QED) is 0.271. The van der Waals surface area contributed by atoms with Gasteiger partial charge in [0.25, 0.3) is 0 Å². The Morgan fingerprint density at radius 2 is 1.51 bits per heavy atom. The molecule has 214 valence electrons. The number of rotatable bonds is 7. The first-order valence-electron chi connectivity index (χ1n) is 14.9. The molecule has 0 N–H and O–H groups in total. The molecular formula is C34H40ClN5O. The average Bonchev–Trinajstić information content (AvgIpc) is 3.32. The molecular weight excluding hydrogens is 530 g/mol. The van der Waals surface area contributed by atoms with Crippen LogP contribution in [0.1, 0.15) is 43.6 Å². The Bertz CT molecular complexity index is 1460. The predicted octanol–water partition coefficient (Wildman–Crippen LogP) is 6.07. The van der Waals surface area contributed by atoms with Gasteiger partial charge in [-0.1, -0.05) is 66.2 Å². The summed E-state index contributed by atoms with van der Waals surface area (Å²) in [6, 6.07) is 27.7. The molecule has 2 aliphatic heterocycles. The predicted molar refractivity (Wildman–Crippen MR) is 166 cm³/mol. The second-order valence-corrected chi connectivity index (χ2v) is 12.3. The fraction of sp³-hybridized carbons (Fsp3) is 0.412. The van der Waals surface area contributed by atoms with Gasteiger partial charge in [0.2, 0.25) is 5.91 Å². The number of para-hydroxylation sites is 2. The van der Waals surface area contributed by atoms with Crippen LogP contribution in [0, 0.1) is 5.92 Å². The lowest BCUT2D eigenvalue weighted by atomic mass is 9.95. The fourth-order valence-corrected chi connectivity index (χ4v) is 6.82. The Hall–Kier alpha value is -3.19. The van der Waals surface area contributed by atoms with Crippen molar-refractivity contribution >= 4 is 28.5 Å². The number of nitrogens with zero attached hydrogens (tertiary/aromatic N) is 5. The molecule has 0 spiro atoms. The number of aromatic nitrogens is 2. The Morgan fingerprint density at radius 1 is 0.829 bits per heavy atom. The van der Waals surface area contributed by atoms with Gasteiger partial charge < -0.3 is 9.47 Å². The number of piperazine rings is 1. The van der Waals surface area contributed by atoms with E-state index in [0.29, 0.717) is 18.0 Å². The molecule has 3 aromatic carbocycles. The van der Waals surface area contributed by atoms with E-state index in [1.54, 1.807) is 0 Å². The third kappa shape index (κ3) is 6.35. The zero-order chi connectivity index (χ0) is 28.3. The highest BCUT2D eigenvalue weighted by atomic mass is 35.5. The van der Waals surface area contributed by atoms with Crippen LogP contribution in [0.25, 0.3) is 11.0 Å². The van der Waals surface area contributed by atoms with Gasteiger partial charge in [-0.05, 0) is 68.6 Å². The van der Waals surface area contributed by atoms with Crippen molar-refractivity contribution in [2.75, 3.05) is 26.2 Å².